The molecule has 0 amide bonds. The Balaban J connectivity index is 0.00000280. The van der Waals surface area contributed by atoms with Crippen LogP contribution in [0.1, 0.15) is 22.3 Å². The molecule has 2 radical (unpaired) electrons. The molecule has 0 bridgehead atoms. The normalized spacial score (nSPS) is 11.8. The van der Waals surface area contributed by atoms with E-state index >= 15 is 0 Å². The first-order valence-corrected chi connectivity index (χ1v) is 14.6. The third-order valence-electron chi connectivity index (χ3n) is 5.57. The van der Waals surface area contributed by atoms with Crippen molar-refractivity contribution in [2.45, 2.75) is 9.79 Å². The van der Waals surface area contributed by atoms with Crippen LogP contribution in [0.2, 0.25) is 10.0 Å². The van der Waals surface area contributed by atoms with Crippen LogP contribution < -0.4 is 0 Å². The van der Waals surface area contributed by atoms with Crippen LogP contribution in [0.3, 0.4) is 0 Å². The maximum Gasteiger partial charge on any atom is 0.295 e. The van der Waals surface area contributed by atoms with Gasteiger partial charge in [0.2, 0.25) is 0 Å². The summed E-state index contributed by atoms with van der Waals surface area (Å²) >= 11 is 11.7. The molecule has 0 aliphatic heterocycles. The summed E-state index contributed by atoms with van der Waals surface area (Å²) in [5.41, 5.74) is 4.17. The van der Waals surface area contributed by atoms with Crippen LogP contribution in [0.5, 0.6) is 0 Å². The molecular formula is C28H20Cl2Na2O6S2. The number of halogens is 2. The Morgan fingerprint density at radius 2 is 0.825 bits per heavy atom. The van der Waals surface area contributed by atoms with Gasteiger partial charge in [0.1, 0.15) is 9.79 Å². The van der Waals surface area contributed by atoms with Gasteiger partial charge in [0.25, 0.3) is 20.2 Å². The summed E-state index contributed by atoms with van der Waals surface area (Å²) in [6.07, 6.45) is 6.63. The molecule has 0 aliphatic carbocycles. The zero-order valence-corrected chi connectivity index (χ0v) is 28.6. The predicted octanol–water partition coefficient (Wildman–Crippen LogP) is 6.73. The minimum Gasteiger partial charge on any atom is -0.282 e. The van der Waals surface area contributed by atoms with Gasteiger partial charge in [0.15, 0.2) is 0 Å². The fourth-order valence-electron chi connectivity index (χ4n) is 3.68. The van der Waals surface area contributed by atoms with Crippen LogP contribution in [0.15, 0.2) is 94.7 Å². The fraction of sp³-hybridized carbons (Fsp3) is 0. The summed E-state index contributed by atoms with van der Waals surface area (Å²) < 4.78 is 65.5. The standard InChI is InChI=1S/C28H20Cl2O6S2.2Na/c29-25-15-13-23(27(17-25)37(31,32)33)11-5-19-1-7-21(8-2-19)22-9-3-20(4-10-22)6-12-24-14-16-26(30)18-28(24)38(34,35)36;;/h1-18H,(H,31,32,33)(H,34,35,36);;. The molecule has 4 rings (SSSR count). The van der Waals surface area contributed by atoms with E-state index in [1.54, 1.807) is 36.4 Å². The van der Waals surface area contributed by atoms with E-state index in [2.05, 4.69) is 0 Å². The summed E-state index contributed by atoms with van der Waals surface area (Å²) in [4.78, 5) is -0.533. The van der Waals surface area contributed by atoms with Gasteiger partial charge >= 0.3 is 0 Å². The van der Waals surface area contributed by atoms with Gasteiger partial charge in [-0.3, -0.25) is 9.11 Å². The van der Waals surface area contributed by atoms with E-state index in [0.717, 1.165) is 22.3 Å². The van der Waals surface area contributed by atoms with Crippen LogP contribution >= 0.6 is 23.2 Å². The summed E-state index contributed by atoms with van der Waals surface area (Å²) in [5, 5.41) is 0.405. The van der Waals surface area contributed by atoms with E-state index < -0.39 is 20.2 Å². The molecule has 12 heteroatoms. The summed E-state index contributed by atoms with van der Waals surface area (Å²) in [5.74, 6) is 0. The van der Waals surface area contributed by atoms with Gasteiger partial charge < -0.3 is 0 Å². The molecule has 40 heavy (non-hydrogen) atoms. The number of benzene rings is 4. The maximum absolute atomic E-state index is 11.6. The quantitative estimate of drug-likeness (QED) is 0.133. The molecule has 4 aromatic rings. The monoisotopic (exact) mass is 632 g/mol. The molecule has 0 aromatic heterocycles. The largest absolute Gasteiger partial charge is 0.295 e. The minimum atomic E-state index is -4.42. The van der Waals surface area contributed by atoms with Crippen molar-refractivity contribution in [1.82, 2.24) is 0 Å². The first-order chi connectivity index (χ1) is 17.9. The van der Waals surface area contributed by atoms with Gasteiger partial charge in [-0.2, -0.15) is 16.8 Å². The Morgan fingerprint density at radius 1 is 0.500 bits per heavy atom. The Labute approximate surface area is 287 Å². The van der Waals surface area contributed by atoms with Crippen molar-refractivity contribution in [3.63, 3.8) is 0 Å². The molecule has 6 nitrogen and oxygen atoms in total. The average molecular weight is 633 g/mol. The molecule has 2 N–H and O–H groups in total. The topological polar surface area (TPSA) is 109 Å². The SMILES string of the molecule is O=S(=O)(O)c1cc(Cl)ccc1C=Cc1ccc(-c2ccc(C=Cc3ccc(Cl)cc3S(=O)(=O)O)cc2)cc1.[Na].[Na]. The smallest absolute Gasteiger partial charge is 0.282 e. The predicted molar refractivity (Wildman–Crippen MR) is 164 cm³/mol. The molecule has 0 heterocycles. The summed E-state index contributed by atoms with van der Waals surface area (Å²) in [6, 6.07) is 23.7. The molecule has 0 saturated carbocycles. The first-order valence-electron chi connectivity index (χ1n) is 11.0. The Morgan fingerprint density at radius 3 is 1.12 bits per heavy atom. The second-order valence-electron chi connectivity index (χ2n) is 8.23. The van der Waals surface area contributed by atoms with E-state index in [1.165, 1.54) is 24.3 Å². The molecule has 0 unspecified atom stereocenters. The van der Waals surface area contributed by atoms with Crippen molar-refractivity contribution in [2.75, 3.05) is 0 Å². The van der Waals surface area contributed by atoms with Gasteiger partial charge in [-0.15, -0.1) is 0 Å². The molecule has 196 valence electrons. The number of hydrogen-bond acceptors (Lipinski definition) is 4. The van der Waals surface area contributed by atoms with E-state index in [4.69, 9.17) is 23.2 Å². The van der Waals surface area contributed by atoms with Crippen LogP contribution in [0.4, 0.5) is 0 Å². The molecule has 0 fully saturated rings. The van der Waals surface area contributed by atoms with Crippen LogP contribution in [0, 0.1) is 0 Å². The van der Waals surface area contributed by atoms with E-state index in [9.17, 15) is 25.9 Å². The van der Waals surface area contributed by atoms with Crippen molar-refractivity contribution in [3.05, 3.63) is 117 Å². The molecule has 0 saturated heterocycles. The van der Waals surface area contributed by atoms with Crippen LogP contribution in [0.25, 0.3) is 35.4 Å². The Bertz CT molecular complexity index is 1640. The third kappa shape index (κ3) is 9.39. The minimum absolute atomic E-state index is 0. The number of rotatable bonds is 7. The Kier molecular flexibility index (Phi) is 12.9. The molecular weight excluding hydrogens is 613 g/mol. The van der Waals surface area contributed by atoms with Gasteiger partial charge in [0.05, 0.1) is 0 Å². The fourth-order valence-corrected chi connectivity index (χ4v) is 5.58. The zero-order valence-electron chi connectivity index (χ0n) is 21.5. The third-order valence-corrected chi connectivity index (χ3v) is 7.86. The maximum atomic E-state index is 11.6. The molecule has 4 aromatic carbocycles. The number of hydrogen-bond donors (Lipinski definition) is 2. The van der Waals surface area contributed by atoms with Crippen LogP contribution in [-0.2, 0) is 20.2 Å². The van der Waals surface area contributed by atoms with E-state index in [1.807, 2.05) is 48.5 Å². The van der Waals surface area contributed by atoms with Gasteiger partial charge in [-0.25, -0.2) is 0 Å². The molecule has 0 aliphatic rings. The van der Waals surface area contributed by atoms with Gasteiger partial charge in [-0.1, -0.05) is 108 Å². The van der Waals surface area contributed by atoms with Crippen molar-refractivity contribution < 1.29 is 25.9 Å². The summed E-state index contributed by atoms with van der Waals surface area (Å²) in [6.45, 7) is 0. The molecule has 0 atom stereocenters. The average Bonchev–Trinajstić information content (AvgIpc) is 2.87. The van der Waals surface area contributed by atoms with Crippen molar-refractivity contribution in [2.24, 2.45) is 0 Å². The van der Waals surface area contributed by atoms with E-state index in [0.29, 0.717) is 11.1 Å². The zero-order chi connectivity index (χ0) is 27.5. The second-order valence-corrected chi connectivity index (χ2v) is 11.9. The van der Waals surface area contributed by atoms with Crippen LogP contribution in [-0.4, -0.2) is 85.1 Å². The first kappa shape index (κ1) is 35.0. The van der Waals surface area contributed by atoms with Crippen molar-refractivity contribution >= 4 is 127 Å². The van der Waals surface area contributed by atoms with Crippen molar-refractivity contribution in [3.8, 4) is 11.1 Å². The second kappa shape index (κ2) is 14.8. The molecule has 0 spiro atoms. The van der Waals surface area contributed by atoms with Crippen molar-refractivity contribution in [1.29, 1.82) is 0 Å². The summed E-state index contributed by atoms with van der Waals surface area (Å²) in [7, 11) is -8.84. The van der Waals surface area contributed by atoms with Gasteiger partial charge in [0, 0.05) is 69.2 Å². The Hall–Kier alpha value is -1.24. The van der Waals surface area contributed by atoms with E-state index in [-0.39, 0.29) is 79.0 Å². The van der Waals surface area contributed by atoms with Gasteiger partial charge in [-0.05, 0) is 57.6 Å².